The Balaban J connectivity index is 2.05. The molecule has 0 bridgehead atoms. The topological polar surface area (TPSA) is 71.2 Å². The van der Waals surface area contributed by atoms with Crippen LogP contribution in [-0.4, -0.2) is 32.8 Å². The van der Waals surface area contributed by atoms with Gasteiger partial charge >= 0.3 is 5.97 Å². The maximum absolute atomic E-state index is 11.2. The van der Waals surface area contributed by atoms with E-state index in [0.29, 0.717) is 17.0 Å². The Morgan fingerprint density at radius 2 is 2.10 bits per heavy atom. The van der Waals surface area contributed by atoms with Gasteiger partial charge in [-0.1, -0.05) is 0 Å². The highest BCUT2D eigenvalue weighted by molar-refractivity contribution is 5.96. The van der Waals surface area contributed by atoms with Gasteiger partial charge in [0.25, 0.3) is 0 Å². The lowest BCUT2D eigenvalue weighted by Crippen LogP contribution is -2.28. The third kappa shape index (κ3) is 2.74. The van der Waals surface area contributed by atoms with Crippen molar-refractivity contribution in [2.75, 3.05) is 6.61 Å². The van der Waals surface area contributed by atoms with Gasteiger partial charge < -0.3 is 19.4 Å². The van der Waals surface area contributed by atoms with E-state index in [0.717, 1.165) is 24.3 Å². The summed E-state index contributed by atoms with van der Waals surface area (Å²) in [7, 11) is 0. The number of hydrogen-bond acceptors (Lipinski definition) is 3. The van der Waals surface area contributed by atoms with Crippen LogP contribution in [0.1, 0.15) is 48.7 Å². The highest BCUT2D eigenvalue weighted by atomic mass is 16.5. The highest BCUT2D eigenvalue weighted by Crippen LogP contribution is 2.45. The number of aliphatic hydroxyl groups is 1. The van der Waals surface area contributed by atoms with Gasteiger partial charge in [-0.2, -0.15) is 0 Å². The molecule has 0 unspecified atom stereocenters. The standard InChI is InChI=1S/C16H19NO4/c1-16(2,20)9-21-13-6-5-12-11(15(18)19)7-8-17(12)14(13)10-3-4-10/h5-8,10,20H,3-4,9H2,1-2H3,(H,18,19). The molecule has 112 valence electrons. The second kappa shape index (κ2) is 4.77. The van der Waals surface area contributed by atoms with Crippen LogP contribution in [0.2, 0.25) is 0 Å². The van der Waals surface area contributed by atoms with Gasteiger partial charge in [-0.05, 0) is 44.9 Å². The van der Waals surface area contributed by atoms with Gasteiger partial charge in [0.2, 0.25) is 0 Å². The van der Waals surface area contributed by atoms with Gasteiger partial charge in [-0.15, -0.1) is 0 Å². The second-order valence-electron chi connectivity index (χ2n) is 6.25. The van der Waals surface area contributed by atoms with Crippen LogP contribution in [0.3, 0.4) is 0 Å². The van der Waals surface area contributed by atoms with Crippen molar-refractivity contribution in [3.63, 3.8) is 0 Å². The van der Waals surface area contributed by atoms with E-state index in [1.807, 2.05) is 4.40 Å². The summed E-state index contributed by atoms with van der Waals surface area (Å²) in [5.41, 5.74) is 1.08. The van der Waals surface area contributed by atoms with Crippen LogP contribution < -0.4 is 4.74 Å². The molecule has 1 saturated carbocycles. The first-order chi connectivity index (χ1) is 9.87. The number of pyridine rings is 1. The van der Waals surface area contributed by atoms with Gasteiger partial charge in [0.15, 0.2) is 0 Å². The molecule has 3 rings (SSSR count). The van der Waals surface area contributed by atoms with Crippen LogP contribution in [-0.2, 0) is 0 Å². The number of nitrogens with zero attached hydrogens (tertiary/aromatic N) is 1. The first-order valence-corrected chi connectivity index (χ1v) is 7.09. The Morgan fingerprint density at radius 3 is 2.67 bits per heavy atom. The van der Waals surface area contributed by atoms with Crippen molar-refractivity contribution in [1.82, 2.24) is 4.40 Å². The maximum atomic E-state index is 11.2. The maximum Gasteiger partial charge on any atom is 0.337 e. The molecule has 0 amide bonds. The Kier molecular flexibility index (Phi) is 3.17. The normalized spacial score (nSPS) is 15.4. The highest BCUT2D eigenvalue weighted by Gasteiger charge is 2.30. The zero-order valence-corrected chi connectivity index (χ0v) is 12.2. The molecule has 2 aromatic rings. The van der Waals surface area contributed by atoms with E-state index in [-0.39, 0.29) is 6.61 Å². The minimum atomic E-state index is -0.926. The molecular weight excluding hydrogens is 270 g/mol. The van der Waals surface area contributed by atoms with Crippen molar-refractivity contribution in [2.45, 2.75) is 38.2 Å². The molecule has 2 aromatic heterocycles. The summed E-state index contributed by atoms with van der Waals surface area (Å²) < 4.78 is 7.67. The average Bonchev–Trinajstić information content (AvgIpc) is 3.12. The predicted molar refractivity (Wildman–Crippen MR) is 78.1 cm³/mol. The summed E-state index contributed by atoms with van der Waals surface area (Å²) in [5, 5.41) is 19.0. The van der Waals surface area contributed by atoms with Gasteiger partial charge in [0.1, 0.15) is 12.4 Å². The molecule has 2 heterocycles. The number of fused-ring (bicyclic) bond motifs is 1. The number of carboxylic acids is 1. The van der Waals surface area contributed by atoms with E-state index in [4.69, 9.17) is 4.74 Å². The lowest BCUT2D eigenvalue weighted by Gasteiger charge is -2.20. The minimum Gasteiger partial charge on any atom is -0.489 e. The Morgan fingerprint density at radius 1 is 1.38 bits per heavy atom. The summed E-state index contributed by atoms with van der Waals surface area (Å²) in [6, 6.07) is 5.18. The summed E-state index contributed by atoms with van der Waals surface area (Å²) >= 11 is 0. The number of carbonyl (C=O) groups is 1. The molecule has 1 fully saturated rings. The van der Waals surface area contributed by atoms with E-state index in [9.17, 15) is 15.0 Å². The lowest BCUT2D eigenvalue weighted by molar-refractivity contribution is 0.0279. The Bertz CT molecular complexity index is 692. The van der Waals surface area contributed by atoms with Gasteiger partial charge in [0, 0.05) is 12.1 Å². The van der Waals surface area contributed by atoms with Crippen LogP contribution in [0.5, 0.6) is 5.75 Å². The molecule has 1 aliphatic carbocycles. The number of carboxylic acid groups (broad SMARTS) is 1. The predicted octanol–water partition coefficient (Wildman–Crippen LogP) is 2.66. The van der Waals surface area contributed by atoms with Crippen molar-refractivity contribution >= 4 is 11.5 Å². The summed E-state index contributed by atoms with van der Waals surface area (Å²) in [4.78, 5) is 11.2. The number of ether oxygens (including phenoxy) is 1. The number of hydrogen-bond donors (Lipinski definition) is 2. The third-order valence-corrected chi connectivity index (χ3v) is 3.61. The van der Waals surface area contributed by atoms with Crippen molar-refractivity contribution in [3.05, 3.63) is 35.7 Å². The lowest BCUT2D eigenvalue weighted by atomic mass is 10.1. The van der Waals surface area contributed by atoms with Crippen molar-refractivity contribution < 1.29 is 19.7 Å². The van der Waals surface area contributed by atoms with Gasteiger partial charge in [-0.25, -0.2) is 4.79 Å². The smallest absolute Gasteiger partial charge is 0.337 e. The van der Waals surface area contributed by atoms with Gasteiger partial charge in [-0.3, -0.25) is 0 Å². The zero-order chi connectivity index (χ0) is 15.2. The van der Waals surface area contributed by atoms with Crippen LogP contribution in [0.25, 0.3) is 5.52 Å². The monoisotopic (exact) mass is 289 g/mol. The summed E-state index contributed by atoms with van der Waals surface area (Å²) in [6.07, 6.45) is 3.94. The third-order valence-electron chi connectivity index (χ3n) is 3.61. The second-order valence-corrected chi connectivity index (χ2v) is 6.25. The molecule has 0 spiro atoms. The van der Waals surface area contributed by atoms with Gasteiger partial charge in [0.05, 0.1) is 22.4 Å². The van der Waals surface area contributed by atoms with E-state index in [2.05, 4.69) is 0 Å². The SMILES string of the molecule is CC(C)(O)COc1ccc2c(C(=O)O)ccn2c1C1CC1. The molecule has 0 radical (unpaired) electrons. The molecule has 0 atom stereocenters. The molecule has 5 nitrogen and oxygen atoms in total. The molecule has 0 aromatic carbocycles. The fourth-order valence-electron chi connectivity index (χ4n) is 2.50. The molecule has 2 N–H and O–H groups in total. The summed E-state index contributed by atoms with van der Waals surface area (Å²) in [6.45, 7) is 3.59. The fourth-order valence-corrected chi connectivity index (χ4v) is 2.50. The molecule has 0 saturated heterocycles. The molecule has 21 heavy (non-hydrogen) atoms. The fraction of sp³-hybridized carbons (Fsp3) is 0.438. The van der Waals surface area contributed by atoms with E-state index < -0.39 is 11.6 Å². The van der Waals surface area contributed by atoms with E-state index in [1.165, 1.54) is 0 Å². The number of aromatic carboxylic acids is 1. The van der Waals surface area contributed by atoms with E-state index in [1.54, 1.807) is 38.2 Å². The van der Waals surface area contributed by atoms with Crippen molar-refractivity contribution in [3.8, 4) is 5.75 Å². The Hall–Kier alpha value is -2.01. The van der Waals surface area contributed by atoms with E-state index >= 15 is 0 Å². The first-order valence-electron chi connectivity index (χ1n) is 7.09. The van der Waals surface area contributed by atoms with Crippen LogP contribution in [0.4, 0.5) is 0 Å². The van der Waals surface area contributed by atoms with Crippen LogP contribution in [0.15, 0.2) is 24.4 Å². The average molecular weight is 289 g/mol. The quantitative estimate of drug-likeness (QED) is 0.887. The molecule has 1 aliphatic rings. The van der Waals surface area contributed by atoms with Crippen molar-refractivity contribution in [2.24, 2.45) is 0 Å². The van der Waals surface area contributed by atoms with Crippen molar-refractivity contribution in [1.29, 1.82) is 0 Å². The van der Waals surface area contributed by atoms with Crippen LogP contribution in [0, 0.1) is 0 Å². The zero-order valence-electron chi connectivity index (χ0n) is 12.2. The first kappa shape index (κ1) is 13.9. The number of rotatable bonds is 5. The molecule has 5 heteroatoms. The Labute approximate surface area is 122 Å². The minimum absolute atomic E-state index is 0.200. The summed E-state index contributed by atoms with van der Waals surface area (Å²) in [5.74, 6) is 0.198. The van der Waals surface area contributed by atoms with Crippen LogP contribution >= 0.6 is 0 Å². The number of aromatic nitrogens is 1. The molecular formula is C16H19NO4. The largest absolute Gasteiger partial charge is 0.489 e. The molecule has 0 aliphatic heterocycles.